The molecule has 0 aliphatic carbocycles. The third kappa shape index (κ3) is 4.88. The third-order valence-electron chi connectivity index (χ3n) is 4.87. The minimum Gasteiger partial charge on any atom is -0.396 e. The number of piperazine rings is 1. The topological polar surface area (TPSA) is 73.7 Å². The summed E-state index contributed by atoms with van der Waals surface area (Å²) < 4.78 is 39.9. The van der Waals surface area contributed by atoms with E-state index in [0.717, 1.165) is 17.2 Å². The first-order valence-corrected chi connectivity index (χ1v) is 9.68. The molecule has 10 heteroatoms. The Morgan fingerprint density at radius 3 is 2.55 bits per heavy atom. The van der Waals surface area contributed by atoms with E-state index in [1.807, 2.05) is 0 Å². The second kappa shape index (κ2) is 9.49. The molecule has 0 radical (unpaired) electrons. The lowest BCUT2D eigenvalue weighted by Crippen LogP contribution is -2.60. The van der Waals surface area contributed by atoms with Crippen molar-refractivity contribution in [3.8, 4) is 0 Å². The molecule has 1 aromatic carbocycles. The molecule has 0 saturated carbocycles. The Kier molecular flexibility index (Phi) is 6.97. The van der Waals surface area contributed by atoms with Crippen LogP contribution in [0.25, 0.3) is 0 Å². The van der Waals surface area contributed by atoms with Crippen molar-refractivity contribution in [2.45, 2.75) is 25.4 Å². The van der Waals surface area contributed by atoms with Crippen LogP contribution in [0.3, 0.4) is 0 Å². The summed E-state index contributed by atoms with van der Waals surface area (Å²) in [5.41, 5.74) is 0.613. The van der Waals surface area contributed by atoms with Gasteiger partial charge in [-0.25, -0.2) is 18.2 Å². The summed E-state index contributed by atoms with van der Waals surface area (Å²) in [5, 5.41) is 9.32. The molecule has 0 spiro atoms. The van der Waals surface area contributed by atoms with E-state index in [0.29, 0.717) is 5.56 Å². The zero-order valence-corrected chi connectivity index (χ0v) is 17.0. The monoisotopic (exact) mass is 453 g/mol. The second-order valence-electron chi connectivity index (χ2n) is 6.98. The fourth-order valence-electron chi connectivity index (χ4n) is 3.33. The molecular weight excluding hydrogens is 435 g/mol. The van der Waals surface area contributed by atoms with Gasteiger partial charge in [-0.15, -0.1) is 0 Å². The van der Waals surface area contributed by atoms with E-state index in [2.05, 4.69) is 11.6 Å². The SMILES string of the molecule is C=C(CCO)[C@H]1C(=O)N(c2ncc(Cl)cc2F)CC(=O)N1Cc1ccc(C(F)F)cc1. The smallest absolute Gasteiger partial charge is 0.263 e. The summed E-state index contributed by atoms with van der Waals surface area (Å²) in [7, 11) is 0. The van der Waals surface area contributed by atoms with Gasteiger partial charge in [-0.05, 0) is 23.6 Å². The maximum Gasteiger partial charge on any atom is 0.263 e. The number of rotatable bonds is 7. The number of anilines is 1. The lowest BCUT2D eigenvalue weighted by atomic mass is 9.98. The molecule has 1 aliphatic heterocycles. The average molecular weight is 454 g/mol. The van der Waals surface area contributed by atoms with Gasteiger partial charge in [0.05, 0.1) is 5.02 Å². The first-order chi connectivity index (χ1) is 14.7. The van der Waals surface area contributed by atoms with Crippen LogP contribution in [0.4, 0.5) is 19.0 Å². The molecule has 164 valence electrons. The number of nitrogens with zero attached hydrogens (tertiary/aromatic N) is 3. The number of aliphatic hydroxyl groups excluding tert-OH is 1. The van der Waals surface area contributed by atoms with Crippen LogP contribution in [0.15, 0.2) is 48.7 Å². The first-order valence-electron chi connectivity index (χ1n) is 9.30. The molecule has 1 atom stereocenters. The number of carbonyl (C=O) groups is 2. The number of hydrogen-bond donors (Lipinski definition) is 1. The molecule has 1 N–H and O–H groups in total. The molecule has 0 unspecified atom stereocenters. The summed E-state index contributed by atoms with van der Waals surface area (Å²) in [5.74, 6) is -2.37. The zero-order valence-electron chi connectivity index (χ0n) is 16.3. The Hall–Kier alpha value is -2.91. The Bertz CT molecular complexity index is 1000. The summed E-state index contributed by atoms with van der Waals surface area (Å²) in [6.45, 7) is 2.99. The Morgan fingerprint density at radius 2 is 1.97 bits per heavy atom. The zero-order chi connectivity index (χ0) is 22.7. The number of aromatic nitrogens is 1. The predicted molar refractivity (Wildman–Crippen MR) is 108 cm³/mol. The van der Waals surface area contributed by atoms with E-state index in [9.17, 15) is 27.9 Å². The molecular formula is C21H19ClF3N3O3. The van der Waals surface area contributed by atoms with Crippen molar-refractivity contribution in [2.24, 2.45) is 0 Å². The summed E-state index contributed by atoms with van der Waals surface area (Å²) in [4.78, 5) is 32.1. The van der Waals surface area contributed by atoms with Gasteiger partial charge in [0.15, 0.2) is 11.6 Å². The van der Waals surface area contributed by atoms with Crippen molar-refractivity contribution in [1.82, 2.24) is 9.88 Å². The van der Waals surface area contributed by atoms with Crippen LogP contribution in [0.2, 0.25) is 5.02 Å². The van der Waals surface area contributed by atoms with Crippen molar-refractivity contribution >= 4 is 29.2 Å². The van der Waals surface area contributed by atoms with Crippen molar-refractivity contribution in [1.29, 1.82) is 0 Å². The van der Waals surface area contributed by atoms with Gasteiger partial charge in [0.1, 0.15) is 12.6 Å². The maximum atomic E-state index is 14.4. The molecule has 1 aromatic heterocycles. The summed E-state index contributed by atoms with van der Waals surface area (Å²) in [6, 6.07) is 5.17. The van der Waals surface area contributed by atoms with Gasteiger partial charge in [-0.3, -0.25) is 14.5 Å². The van der Waals surface area contributed by atoms with E-state index in [-0.39, 0.29) is 41.5 Å². The number of halogens is 4. The van der Waals surface area contributed by atoms with E-state index in [1.165, 1.54) is 29.2 Å². The highest BCUT2D eigenvalue weighted by atomic mass is 35.5. The van der Waals surface area contributed by atoms with Crippen LogP contribution in [-0.4, -0.2) is 46.0 Å². The van der Waals surface area contributed by atoms with Crippen molar-refractivity contribution in [3.63, 3.8) is 0 Å². The van der Waals surface area contributed by atoms with E-state index >= 15 is 0 Å². The van der Waals surface area contributed by atoms with Gasteiger partial charge in [0.25, 0.3) is 12.3 Å². The number of carbonyl (C=O) groups excluding carboxylic acids is 2. The third-order valence-corrected chi connectivity index (χ3v) is 5.08. The number of amides is 2. The van der Waals surface area contributed by atoms with Crippen LogP contribution in [-0.2, 0) is 16.1 Å². The quantitative estimate of drug-likeness (QED) is 0.651. The van der Waals surface area contributed by atoms with Crippen molar-refractivity contribution in [2.75, 3.05) is 18.1 Å². The van der Waals surface area contributed by atoms with E-state index in [1.54, 1.807) is 0 Å². The fourth-order valence-corrected chi connectivity index (χ4v) is 3.48. The molecule has 1 saturated heterocycles. The van der Waals surface area contributed by atoms with E-state index in [4.69, 9.17) is 11.6 Å². The molecule has 3 rings (SSSR count). The van der Waals surface area contributed by atoms with Crippen LogP contribution < -0.4 is 4.90 Å². The molecule has 2 amide bonds. The highest BCUT2D eigenvalue weighted by molar-refractivity contribution is 6.30. The average Bonchev–Trinajstić information content (AvgIpc) is 2.71. The fraction of sp³-hybridized carbons (Fsp3) is 0.286. The van der Waals surface area contributed by atoms with Gasteiger partial charge >= 0.3 is 0 Å². The van der Waals surface area contributed by atoms with Gasteiger partial charge in [-0.2, -0.15) is 0 Å². The second-order valence-corrected chi connectivity index (χ2v) is 7.42. The molecule has 31 heavy (non-hydrogen) atoms. The molecule has 6 nitrogen and oxygen atoms in total. The Morgan fingerprint density at radius 1 is 1.29 bits per heavy atom. The molecule has 2 heterocycles. The standard InChI is InChI=1S/C21H19ClF3N3O3/c1-12(6-7-29)18-21(31)28(20-16(23)8-15(22)9-26-20)11-17(30)27(18)10-13-2-4-14(5-3-13)19(24)25/h2-5,8-9,18-19,29H,1,6-7,10-11H2/t18-/m0/s1. The van der Waals surface area contributed by atoms with Crippen molar-refractivity contribution in [3.05, 3.63) is 70.6 Å². The minimum atomic E-state index is -2.63. The summed E-state index contributed by atoms with van der Waals surface area (Å²) >= 11 is 5.72. The van der Waals surface area contributed by atoms with Crippen LogP contribution in [0, 0.1) is 5.82 Å². The largest absolute Gasteiger partial charge is 0.396 e. The molecule has 1 aliphatic rings. The Balaban J connectivity index is 1.93. The predicted octanol–water partition coefficient (Wildman–Crippen LogP) is 3.49. The van der Waals surface area contributed by atoms with E-state index < -0.39 is 36.6 Å². The van der Waals surface area contributed by atoms with Gasteiger partial charge < -0.3 is 10.0 Å². The minimum absolute atomic E-state index is 0.0344. The highest BCUT2D eigenvalue weighted by Gasteiger charge is 2.42. The number of alkyl halides is 2. The van der Waals surface area contributed by atoms with Crippen LogP contribution in [0.5, 0.6) is 0 Å². The van der Waals surface area contributed by atoms with Gasteiger partial charge in [0.2, 0.25) is 5.91 Å². The first kappa shape index (κ1) is 22.8. The van der Waals surface area contributed by atoms with Crippen LogP contribution >= 0.6 is 11.6 Å². The number of benzene rings is 1. The number of hydrogen-bond acceptors (Lipinski definition) is 4. The summed E-state index contributed by atoms with van der Waals surface area (Å²) in [6.07, 6.45) is -1.43. The normalized spacial score (nSPS) is 16.9. The lowest BCUT2D eigenvalue weighted by molar-refractivity contribution is -0.142. The molecule has 1 fully saturated rings. The van der Waals surface area contributed by atoms with Crippen LogP contribution in [0.1, 0.15) is 24.0 Å². The number of aliphatic hydroxyl groups is 1. The number of pyridine rings is 1. The Labute approximate surface area is 181 Å². The van der Waals surface area contributed by atoms with Crippen molar-refractivity contribution < 1.29 is 27.9 Å². The van der Waals surface area contributed by atoms with Gasteiger partial charge in [0, 0.05) is 24.9 Å². The highest BCUT2D eigenvalue weighted by Crippen LogP contribution is 2.28. The molecule has 0 bridgehead atoms. The van der Waals surface area contributed by atoms with Gasteiger partial charge in [-0.1, -0.05) is 42.4 Å². The maximum absolute atomic E-state index is 14.4. The lowest BCUT2D eigenvalue weighted by Gasteiger charge is -2.40. The molecule has 2 aromatic rings.